The molecule has 7 nitrogen and oxygen atoms in total. The molecule has 0 atom stereocenters. The lowest BCUT2D eigenvalue weighted by Gasteiger charge is -2.16. The molecule has 0 heterocycles. The van der Waals surface area contributed by atoms with Gasteiger partial charge in [0.25, 0.3) is 5.91 Å². The van der Waals surface area contributed by atoms with Gasteiger partial charge < -0.3 is 14.8 Å². The SMILES string of the molecule is CCOc1c(Br)cc(C(=O)NCc2ccccc2S(=O)(=O)N(C)C)cc1OC. The Kier molecular flexibility index (Phi) is 7.45. The lowest BCUT2D eigenvalue weighted by Crippen LogP contribution is -2.27. The molecule has 0 aliphatic heterocycles. The van der Waals surface area contributed by atoms with Crippen molar-refractivity contribution in [2.45, 2.75) is 18.4 Å². The van der Waals surface area contributed by atoms with Crippen molar-refractivity contribution in [3.8, 4) is 11.5 Å². The molecule has 2 aromatic rings. The third kappa shape index (κ3) is 4.84. The molecule has 9 heteroatoms. The maximum Gasteiger partial charge on any atom is 0.251 e. The Balaban J connectivity index is 2.26. The maximum absolute atomic E-state index is 12.6. The summed E-state index contributed by atoms with van der Waals surface area (Å²) in [7, 11) is 0.816. The highest BCUT2D eigenvalue weighted by Crippen LogP contribution is 2.36. The summed E-state index contributed by atoms with van der Waals surface area (Å²) in [4.78, 5) is 12.8. The van der Waals surface area contributed by atoms with E-state index in [1.807, 2.05) is 6.92 Å². The molecule has 1 amide bonds. The molecule has 28 heavy (non-hydrogen) atoms. The van der Waals surface area contributed by atoms with Crippen LogP contribution in [0.1, 0.15) is 22.8 Å². The van der Waals surface area contributed by atoms with E-state index in [0.29, 0.717) is 33.7 Å². The predicted molar refractivity (Wildman–Crippen MR) is 110 cm³/mol. The van der Waals surface area contributed by atoms with E-state index in [-0.39, 0.29) is 17.3 Å². The number of halogens is 1. The molecule has 0 spiro atoms. The zero-order chi connectivity index (χ0) is 20.9. The van der Waals surface area contributed by atoms with Gasteiger partial charge in [0.1, 0.15) is 0 Å². The molecule has 0 unspecified atom stereocenters. The van der Waals surface area contributed by atoms with Gasteiger partial charge in [-0.2, -0.15) is 0 Å². The number of methoxy groups -OCH3 is 1. The highest BCUT2D eigenvalue weighted by Gasteiger charge is 2.21. The molecule has 0 saturated heterocycles. The fourth-order valence-electron chi connectivity index (χ4n) is 2.51. The topological polar surface area (TPSA) is 84.9 Å². The van der Waals surface area contributed by atoms with Crippen molar-refractivity contribution < 1.29 is 22.7 Å². The van der Waals surface area contributed by atoms with Crippen molar-refractivity contribution in [2.75, 3.05) is 27.8 Å². The zero-order valence-corrected chi connectivity index (χ0v) is 18.6. The Bertz CT molecular complexity index is 961. The minimum Gasteiger partial charge on any atom is -0.493 e. The molecule has 0 saturated carbocycles. The normalized spacial score (nSPS) is 11.4. The summed E-state index contributed by atoms with van der Waals surface area (Å²) in [6.45, 7) is 2.37. The number of hydrogen-bond donors (Lipinski definition) is 1. The first kappa shape index (κ1) is 22.2. The molecule has 2 aromatic carbocycles. The molecule has 0 radical (unpaired) electrons. The average molecular weight is 471 g/mol. The Morgan fingerprint density at radius 3 is 2.50 bits per heavy atom. The molecule has 0 aromatic heterocycles. The summed E-state index contributed by atoms with van der Waals surface area (Å²) in [5.74, 6) is 0.583. The van der Waals surface area contributed by atoms with Gasteiger partial charge in [0.05, 0.1) is 23.1 Å². The van der Waals surface area contributed by atoms with Crippen LogP contribution < -0.4 is 14.8 Å². The van der Waals surface area contributed by atoms with Gasteiger partial charge in [-0.3, -0.25) is 4.79 Å². The van der Waals surface area contributed by atoms with Gasteiger partial charge >= 0.3 is 0 Å². The highest BCUT2D eigenvalue weighted by molar-refractivity contribution is 9.10. The summed E-state index contributed by atoms with van der Waals surface area (Å²) in [5.41, 5.74) is 0.863. The van der Waals surface area contributed by atoms with Crippen LogP contribution in [-0.2, 0) is 16.6 Å². The standard InChI is InChI=1S/C19H23BrN2O5S/c1-5-27-18-15(20)10-14(11-16(18)26-4)19(23)21-12-13-8-6-7-9-17(13)28(24,25)22(2)3/h6-11H,5,12H2,1-4H3,(H,21,23). The van der Waals surface area contributed by atoms with E-state index < -0.39 is 10.0 Å². The van der Waals surface area contributed by atoms with Crippen LogP contribution >= 0.6 is 15.9 Å². The van der Waals surface area contributed by atoms with E-state index in [4.69, 9.17) is 9.47 Å². The molecule has 0 aliphatic rings. The van der Waals surface area contributed by atoms with Crippen molar-refractivity contribution in [1.29, 1.82) is 0 Å². The number of rotatable bonds is 8. The molecule has 2 rings (SSSR count). The molecular weight excluding hydrogens is 448 g/mol. The Morgan fingerprint density at radius 2 is 1.89 bits per heavy atom. The van der Waals surface area contributed by atoms with Gasteiger partial charge in [-0.1, -0.05) is 18.2 Å². The molecule has 0 aliphatic carbocycles. The van der Waals surface area contributed by atoms with Gasteiger partial charge in [0, 0.05) is 26.2 Å². The lowest BCUT2D eigenvalue weighted by molar-refractivity contribution is 0.0950. The van der Waals surface area contributed by atoms with Crippen molar-refractivity contribution in [3.63, 3.8) is 0 Å². The fourth-order valence-corrected chi connectivity index (χ4v) is 4.18. The number of nitrogens with one attached hydrogen (secondary N) is 1. The number of sulfonamides is 1. The second kappa shape index (κ2) is 9.40. The number of amides is 1. The quantitative estimate of drug-likeness (QED) is 0.640. The Labute approximate surface area is 173 Å². The third-order valence-corrected chi connectivity index (χ3v) is 6.46. The van der Waals surface area contributed by atoms with Crippen molar-refractivity contribution in [3.05, 3.63) is 52.0 Å². The van der Waals surface area contributed by atoms with Gasteiger partial charge in [0.2, 0.25) is 10.0 Å². The predicted octanol–water partition coefficient (Wildman–Crippen LogP) is 3.04. The number of ether oxygens (including phenoxy) is 2. The van der Waals surface area contributed by atoms with Gasteiger partial charge in [-0.05, 0) is 46.6 Å². The van der Waals surface area contributed by atoms with Crippen molar-refractivity contribution in [1.82, 2.24) is 9.62 Å². The van der Waals surface area contributed by atoms with Crippen molar-refractivity contribution >= 4 is 31.9 Å². The van der Waals surface area contributed by atoms with Gasteiger partial charge in [-0.15, -0.1) is 0 Å². The average Bonchev–Trinajstić information content (AvgIpc) is 2.67. The first-order valence-corrected chi connectivity index (χ1v) is 10.7. The lowest BCUT2D eigenvalue weighted by atomic mass is 10.1. The number of hydrogen-bond acceptors (Lipinski definition) is 5. The molecule has 0 fully saturated rings. The number of nitrogens with zero attached hydrogens (tertiary/aromatic N) is 1. The fraction of sp³-hybridized carbons (Fsp3) is 0.316. The van der Waals surface area contributed by atoms with Gasteiger partial charge in [0.15, 0.2) is 11.5 Å². The van der Waals surface area contributed by atoms with Gasteiger partial charge in [-0.25, -0.2) is 12.7 Å². The first-order chi connectivity index (χ1) is 13.2. The molecular formula is C19H23BrN2O5S. The minimum atomic E-state index is -3.61. The molecule has 152 valence electrons. The van der Waals surface area contributed by atoms with E-state index in [9.17, 15) is 13.2 Å². The van der Waals surface area contributed by atoms with Crippen LogP contribution in [0.2, 0.25) is 0 Å². The van der Waals surface area contributed by atoms with E-state index >= 15 is 0 Å². The summed E-state index contributed by atoms with van der Waals surface area (Å²) in [6.07, 6.45) is 0. The van der Waals surface area contributed by atoms with E-state index in [0.717, 1.165) is 4.31 Å². The monoisotopic (exact) mass is 470 g/mol. The number of carbonyl (C=O) groups excluding carboxylic acids is 1. The largest absolute Gasteiger partial charge is 0.493 e. The summed E-state index contributed by atoms with van der Waals surface area (Å²) in [5, 5.41) is 2.76. The number of benzene rings is 2. The molecule has 1 N–H and O–H groups in total. The Hall–Kier alpha value is -2.10. The summed E-state index contributed by atoms with van der Waals surface area (Å²) in [6, 6.07) is 9.78. The summed E-state index contributed by atoms with van der Waals surface area (Å²) < 4.78 is 37.5. The third-order valence-electron chi connectivity index (χ3n) is 3.95. The Morgan fingerprint density at radius 1 is 1.21 bits per heavy atom. The first-order valence-electron chi connectivity index (χ1n) is 8.51. The van der Waals surface area contributed by atoms with Crippen LogP contribution in [0.25, 0.3) is 0 Å². The van der Waals surface area contributed by atoms with Crippen LogP contribution in [0.3, 0.4) is 0 Å². The minimum absolute atomic E-state index is 0.0647. The van der Waals surface area contributed by atoms with E-state index in [1.54, 1.807) is 30.3 Å². The van der Waals surface area contributed by atoms with Crippen LogP contribution in [0, 0.1) is 0 Å². The van der Waals surface area contributed by atoms with E-state index in [2.05, 4.69) is 21.2 Å². The highest BCUT2D eigenvalue weighted by atomic mass is 79.9. The van der Waals surface area contributed by atoms with E-state index in [1.165, 1.54) is 27.3 Å². The van der Waals surface area contributed by atoms with Crippen LogP contribution in [0.5, 0.6) is 11.5 Å². The second-order valence-electron chi connectivity index (χ2n) is 6.00. The number of carbonyl (C=O) groups is 1. The zero-order valence-electron chi connectivity index (χ0n) is 16.2. The van der Waals surface area contributed by atoms with Crippen molar-refractivity contribution in [2.24, 2.45) is 0 Å². The molecule has 0 bridgehead atoms. The maximum atomic E-state index is 12.6. The smallest absolute Gasteiger partial charge is 0.251 e. The second-order valence-corrected chi connectivity index (χ2v) is 8.97. The van der Waals surface area contributed by atoms with Crippen LogP contribution in [0.15, 0.2) is 45.8 Å². The summed E-state index contributed by atoms with van der Waals surface area (Å²) >= 11 is 3.39. The van der Waals surface area contributed by atoms with Crippen LogP contribution in [0.4, 0.5) is 0 Å². The van der Waals surface area contributed by atoms with Crippen LogP contribution in [-0.4, -0.2) is 46.4 Å².